The van der Waals surface area contributed by atoms with Crippen LogP contribution in [0.5, 0.6) is 0 Å². The second-order valence-electron chi connectivity index (χ2n) is 7.42. The Kier molecular flexibility index (Phi) is 6.17. The maximum absolute atomic E-state index is 12.5. The molecule has 4 rings (SSSR count). The highest BCUT2D eigenvalue weighted by Gasteiger charge is 2.21. The highest BCUT2D eigenvalue weighted by atomic mass is 16.2. The van der Waals surface area contributed by atoms with E-state index < -0.39 is 0 Å². The molecule has 2 aromatic heterocycles. The lowest BCUT2D eigenvalue weighted by atomic mass is 10.1. The average molecular weight is 403 g/mol. The van der Waals surface area contributed by atoms with Gasteiger partial charge in [0, 0.05) is 38.3 Å². The summed E-state index contributed by atoms with van der Waals surface area (Å²) in [7, 11) is 0. The molecule has 1 aromatic carbocycles. The van der Waals surface area contributed by atoms with Crippen molar-refractivity contribution in [3.8, 4) is 0 Å². The topological polar surface area (TPSA) is 74.2 Å². The van der Waals surface area contributed by atoms with Gasteiger partial charge in [0.05, 0.1) is 0 Å². The van der Waals surface area contributed by atoms with Crippen LogP contribution in [-0.2, 0) is 11.2 Å². The van der Waals surface area contributed by atoms with Crippen LogP contribution in [0, 0.1) is 6.92 Å². The van der Waals surface area contributed by atoms with E-state index >= 15 is 0 Å². The lowest BCUT2D eigenvalue weighted by molar-refractivity contribution is -0.131. The zero-order chi connectivity index (χ0) is 20.8. The molecule has 0 spiro atoms. The van der Waals surface area contributed by atoms with Crippen LogP contribution in [0.25, 0.3) is 0 Å². The summed E-state index contributed by atoms with van der Waals surface area (Å²) in [5.74, 6) is 2.45. The van der Waals surface area contributed by atoms with Crippen LogP contribution in [0.15, 0.2) is 60.7 Å². The number of piperazine rings is 1. The summed E-state index contributed by atoms with van der Waals surface area (Å²) in [6.07, 6.45) is 1.34. The number of amides is 1. The number of benzene rings is 1. The number of aromatic nitrogens is 3. The molecule has 154 valence electrons. The SMILES string of the molecule is Cc1cccc(Nc2ccc(N3CCN(C(=O)CCc4ccccc4)CC3)nn2)n1. The number of hydrogen-bond donors (Lipinski definition) is 1. The average Bonchev–Trinajstić information content (AvgIpc) is 2.79. The Labute approximate surface area is 176 Å². The predicted octanol–water partition coefficient (Wildman–Crippen LogP) is 3.21. The fourth-order valence-corrected chi connectivity index (χ4v) is 3.54. The van der Waals surface area contributed by atoms with Gasteiger partial charge in [0.25, 0.3) is 0 Å². The smallest absolute Gasteiger partial charge is 0.223 e. The van der Waals surface area contributed by atoms with E-state index in [-0.39, 0.29) is 5.91 Å². The van der Waals surface area contributed by atoms with Crippen molar-refractivity contribution in [1.82, 2.24) is 20.1 Å². The quantitative estimate of drug-likeness (QED) is 0.683. The zero-order valence-electron chi connectivity index (χ0n) is 17.2. The molecular formula is C23H26N6O. The van der Waals surface area contributed by atoms with E-state index in [9.17, 15) is 4.79 Å². The molecule has 7 nitrogen and oxygen atoms in total. The first-order chi connectivity index (χ1) is 14.7. The molecule has 0 saturated carbocycles. The van der Waals surface area contributed by atoms with Gasteiger partial charge in [-0.1, -0.05) is 36.4 Å². The highest BCUT2D eigenvalue weighted by Crippen LogP contribution is 2.17. The van der Waals surface area contributed by atoms with Crippen molar-refractivity contribution < 1.29 is 4.79 Å². The van der Waals surface area contributed by atoms with Crippen LogP contribution in [0.4, 0.5) is 17.5 Å². The van der Waals surface area contributed by atoms with Gasteiger partial charge in [-0.05, 0) is 43.2 Å². The Hall–Kier alpha value is -3.48. The van der Waals surface area contributed by atoms with Gasteiger partial charge in [0.1, 0.15) is 5.82 Å². The first-order valence-electron chi connectivity index (χ1n) is 10.3. The van der Waals surface area contributed by atoms with Crippen LogP contribution in [0.2, 0.25) is 0 Å². The molecule has 0 unspecified atom stereocenters. The van der Waals surface area contributed by atoms with Crippen molar-refractivity contribution in [1.29, 1.82) is 0 Å². The summed E-state index contributed by atoms with van der Waals surface area (Å²) in [4.78, 5) is 21.1. The molecule has 3 heterocycles. The predicted molar refractivity (Wildman–Crippen MR) is 118 cm³/mol. The summed E-state index contributed by atoms with van der Waals surface area (Å²) < 4.78 is 0. The van der Waals surface area contributed by atoms with E-state index in [0.717, 1.165) is 36.8 Å². The van der Waals surface area contributed by atoms with Crippen LogP contribution in [-0.4, -0.2) is 52.2 Å². The van der Waals surface area contributed by atoms with E-state index in [1.54, 1.807) is 0 Å². The molecule has 1 saturated heterocycles. The van der Waals surface area contributed by atoms with Crippen molar-refractivity contribution in [3.63, 3.8) is 0 Å². The molecule has 30 heavy (non-hydrogen) atoms. The molecule has 0 aliphatic carbocycles. The van der Waals surface area contributed by atoms with Crippen molar-refractivity contribution in [2.45, 2.75) is 19.8 Å². The minimum absolute atomic E-state index is 0.217. The van der Waals surface area contributed by atoms with E-state index in [1.165, 1.54) is 5.56 Å². The Balaban J connectivity index is 1.27. The normalized spacial score (nSPS) is 13.9. The van der Waals surface area contributed by atoms with Crippen LogP contribution >= 0.6 is 0 Å². The van der Waals surface area contributed by atoms with Crippen molar-refractivity contribution >= 4 is 23.4 Å². The van der Waals surface area contributed by atoms with E-state index in [4.69, 9.17) is 0 Å². The first-order valence-corrected chi connectivity index (χ1v) is 10.3. The van der Waals surface area contributed by atoms with Gasteiger partial charge in [-0.2, -0.15) is 0 Å². The third kappa shape index (κ3) is 5.11. The second-order valence-corrected chi connectivity index (χ2v) is 7.42. The number of nitrogens with zero attached hydrogens (tertiary/aromatic N) is 5. The second kappa shape index (κ2) is 9.35. The maximum atomic E-state index is 12.5. The minimum atomic E-state index is 0.217. The number of carbonyl (C=O) groups is 1. The van der Waals surface area contributed by atoms with Gasteiger partial charge < -0.3 is 15.1 Å². The van der Waals surface area contributed by atoms with Gasteiger partial charge in [-0.15, -0.1) is 10.2 Å². The number of hydrogen-bond acceptors (Lipinski definition) is 6. The summed E-state index contributed by atoms with van der Waals surface area (Å²) >= 11 is 0. The van der Waals surface area contributed by atoms with E-state index in [1.807, 2.05) is 60.4 Å². The number of pyridine rings is 1. The van der Waals surface area contributed by atoms with Crippen molar-refractivity contribution in [3.05, 3.63) is 71.9 Å². The number of nitrogens with one attached hydrogen (secondary N) is 1. The molecule has 1 aliphatic heterocycles. The third-order valence-corrected chi connectivity index (χ3v) is 5.22. The van der Waals surface area contributed by atoms with Gasteiger partial charge >= 0.3 is 0 Å². The molecule has 1 fully saturated rings. The highest BCUT2D eigenvalue weighted by molar-refractivity contribution is 5.76. The number of anilines is 3. The number of rotatable bonds is 6. The van der Waals surface area contributed by atoms with E-state index in [0.29, 0.717) is 25.3 Å². The molecule has 3 aromatic rings. The van der Waals surface area contributed by atoms with Crippen molar-refractivity contribution in [2.75, 3.05) is 36.4 Å². The lowest BCUT2D eigenvalue weighted by Crippen LogP contribution is -2.49. The van der Waals surface area contributed by atoms with Crippen LogP contribution < -0.4 is 10.2 Å². The first kappa shape index (κ1) is 19.8. The number of aryl methyl sites for hydroxylation is 2. The number of carbonyl (C=O) groups excluding carboxylic acids is 1. The minimum Gasteiger partial charge on any atom is -0.352 e. The zero-order valence-corrected chi connectivity index (χ0v) is 17.2. The molecule has 7 heteroatoms. The molecule has 1 N–H and O–H groups in total. The fourth-order valence-electron chi connectivity index (χ4n) is 3.54. The molecular weight excluding hydrogens is 376 g/mol. The lowest BCUT2D eigenvalue weighted by Gasteiger charge is -2.35. The van der Waals surface area contributed by atoms with Gasteiger partial charge in [0.15, 0.2) is 11.6 Å². The summed E-state index contributed by atoms with van der Waals surface area (Å²) in [5, 5.41) is 11.8. The maximum Gasteiger partial charge on any atom is 0.223 e. The molecule has 1 aliphatic rings. The largest absolute Gasteiger partial charge is 0.352 e. The molecule has 0 bridgehead atoms. The standard InChI is InChI=1S/C23H26N6O/c1-18-6-5-9-20(24-18)25-21-11-12-22(27-26-21)28-14-16-29(17-15-28)23(30)13-10-19-7-3-2-4-8-19/h2-9,11-12H,10,13-17H2,1H3,(H,24,25,26). The summed E-state index contributed by atoms with van der Waals surface area (Å²) in [6, 6.07) is 19.8. The summed E-state index contributed by atoms with van der Waals surface area (Å²) in [5.41, 5.74) is 2.15. The molecule has 0 radical (unpaired) electrons. The van der Waals surface area contributed by atoms with Crippen LogP contribution in [0.1, 0.15) is 17.7 Å². The van der Waals surface area contributed by atoms with Crippen molar-refractivity contribution in [2.24, 2.45) is 0 Å². The third-order valence-electron chi connectivity index (χ3n) is 5.22. The summed E-state index contributed by atoms with van der Waals surface area (Å²) in [6.45, 7) is 4.90. The Morgan fingerprint density at radius 2 is 1.70 bits per heavy atom. The Bertz CT molecular complexity index is 968. The van der Waals surface area contributed by atoms with Gasteiger partial charge in [-0.3, -0.25) is 4.79 Å². The van der Waals surface area contributed by atoms with Gasteiger partial charge in [0.2, 0.25) is 5.91 Å². The Morgan fingerprint density at radius 3 is 2.40 bits per heavy atom. The van der Waals surface area contributed by atoms with E-state index in [2.05, 4.69) is 37.5 Å². The molecule has 0 atom stereocenters. The monoisotopic (exact) mass is 402 g/mol. The fraction of sp³-hybridized carbons (Fsp3) is 0.304. The van der Waals surface area contributed by atoms with Gasteiger partial charge in [-0.25, -0.2) is 4.98 Å². The Morgan fingerprint density at radius 1 is 0.900 bits per heavy atom. The van der Waals surface area contributed by atoms with Crippen LogP contribution in [0.3, 0.4) is 0 Å². The molecule has 1 amide bonds.